The summed E-state index contributed by atoms with van der Waals surface area (Å²) in [4.78, 5) is 46.6. The van der Waals surface area contributed by atoms with E-state index in [2.05, 4.69) is 41.6 Å². The molecule has 8 heterocycles. The maximum absolute atomic E-state index is 16.1. The number of fused-ring (bicyclic) bond motifs is 3. The molecule has 1 unspecified atom stereocenters. The minimum atomic E-state index is -1.38. The fraction of sp³-hybridized carbons (Fsp3) is 0.404. The number of pyridine rings is 1. The first-order valence-corrected chi connectivity index (χ1v) is 22.3. The number of ether oxygens (including phenoxy) is 1. The van der Waals surface area contributed by atoms with Crippen molar-refractivity contribution in [3.05, 3.63) is 123 Å². The molecule has 5 aliphatic rings. The smallest absolute Gasteiger partial charge is 0.338 e. The van der Waals surface area contributed by atoms with Crippen molar-refractivity contribution in [2.24, 2.45) is 12.0 Å². The van der Waals surface area contributed by atoms with E-state index in [1.165, 1.54) is 27.6 Å². The number of nitrogens with zero attached hydrogens (tertiary/aromatic N) is 10. The second kappa shape index (κ2) is 14.2. The highest BCUT2D eigenvalue weighted by molar-refractivity contribution is 6.02. The molecule has 1 amide bonds. The summed E-state index contributed by atoms with van der Waals surface area (Å²) >= 11 is 0. The topological polar surface area (TPSA) is 163 Å². The number of amides is 1. The molecule has 3 aliphatic heterocycles. The van der Waals surface area contributed by atoms with Gasteiger partial charge in [0.15, 0.2) is 11.5 Å². The van der Waals surface area contributed by atoms with Crippen molar-refractivity contribution < 1.29 is 28.3 Å². The average molecular weight is 884 g/mol. The van der Waals surface area contributed by atoms with Crippen molar-refractivity contribution in [2.45, 2.75) is 101 Å². The second-order valence-corrected chi connectivity index (χ2v) is 18.8. The number of hydrogen-bond donors (Lipinski definition) is 2. The molecule has 12 rings (SSSR count). The molecule has 2 aromatic carbocycles. The van der Waals surface area contributed by atoms with Gasteiger partial charge in [-0.15, -0.1) is 0 Å². The highest BCUT2D eigenvalue weighted by Gasteiger charge is 2.56. The van der Waals surface area contributed by atoms with Gasteiger partial charge < -0.3 is 19.1 Å². The van der Waals surface area contributed by atoms with Gasteiger partial charge in [-0.25, -0.2) is 38.6 Å². The molecular weight excluding hydrogens is 837 g/mol. The fourth-order valence-electron chi connectivity index (χ4n) is 10.6. The number of benzene rings is 2. The zero-order chi connectivity index (χ0) is 44.7. The van der Waals surface area contributed by atoms with Crippen LogP contribution in [0.5, 0.6) is 0 Å². The number of imidazole rings is 2. The summed E-state index contributed by atoms with van der Waals surface area (Å²) in [6.45, 7) is 7.05. The number of carbonyl (C=O) groups is 1. The molecule has 16 nitrogen and oxygen atoms in total. The van der Waals surface area contributed by atoms with E-state index in [-0.39, 0.29) is 52.5 Å². The molecule has 2 aliphatic carbocycles. The van der Waals surface area contributed by atoms with Crippen LogP contribution >= 0.6 is 0 Å². The van der Waals surface area contributed by atoms with Gasteiger partial charge in [-0.3, -0.25) is 18.6 Å². The van der Waals surface area contributed by atoms with E-state index in [1.807, 2.05) is 17.5 Å². The van der Waals surface area contributed by atoms with Gasteiger partial charge in [0.1, 0.15) is 23.1 Å². The van der Waals surface area contributed by atoms with Crippen LogP contribution in [0.25, 0.3) is 33.7 Å². The van der Waals surface area contributed by atoms with Crippen molar-refractivity contribution >= 4 is 28.3 Å². The lowest BCUT2D eigenvalue weighted by molar-refractivity contribution is -0.102. The summed E-state index contributed by atoms with van der Waals surface area (Å²) in [5, 5.41) is 19.8. The molecule has 0 spiro atoms. The Morgan fingerprint density at radius 3 is 2.57 bits per heavy atom. The Hall–Kier alpha value is -6.50. The summed E-state index contributed by atoms with van der Waals surface area (Å²) < 4.78 is 45.3. The largest absolute Gasteiger partial charge is 0.376 e. The summed E-state index contributed by atoms with van der Waals surface area (Å²) in [7, 11) is 1.72. The van der Waals surface area contributed by atoms with Crippen LogP contribution in [-0.4, -0.2) is 85.0 Å². The van der Waals surface area contributed by atoms with Gasteiger partial charge >= 0.3 is 5.69 Å². The van der Waals surface area contributed by atoms with Crippen LogP contribution in [0.4, 0.5) is 8.78 Å². The van der Waals surface area contributed by atoms with Crippen LogP contribution in [0.15, 0.2) is 77.0 Å². The number of aliphatic hydroxyl groups excluding tert-OH is 1. The maximum atomic E-state index is 16.1. The summed E-state index contributed by atoms with van der Waals surface area (Å²) in [5.74, 6) is -0.0877. The third-order valence-corrected chi connectivity index (χ3v) is 14.2. The van der Waals surface area contributed by atoms with E-state index in [1.54, 1.807) is 51.8 Å². The molecular formula is C47H47F2N11O5. The zero-order valence-corrected chi connectivity index (χ0v) is 36.3. The third-order valence-electron chi connectivity index (χ3n) is 14.2. The van der Waals surface area contributed by atoms with Gasteiger partial charge in [-0.05, 0) is 125 Å². The summed E-state index contributed by atoms with van der Waals surface area (Å²) in [5.41, 5.74) is 6.90. The Labute approximate surface area is 370 Å². The molecule has 0 radical (unpaired) electrons. The lowest BCUT2D eigenvalue weighted by atomic mass is 9.84. The van der Waals surface area contributed by atoms with Crippen molar-refractivity contribution in [2.75, 3.05) is 13.2 Å². The molecule has 65 heavy (non-hydrogen) atoms. The minimum Gasteiger partial charge on any atom is -0.376 e. The van der Waals surface area contributed by atoms with Crippen molar-refractivity contribution in [1.29, 1.82) is 0 Å². The van der Waals surface area contributed by atoms with E-state index in [4.69, 9.17) is 19.7 Å². The van der Waals surface area contributed by atoms with Crippen molar-refractivity contribution in [3.8, 4) is 17.2 Å². The van der Waals surface area contributed by atoms with Crippen LogP contribution in [0, 0.1) is 11.6 Å². The minimum absolute atomic E-state index is 0.0492. The Bertz CT molecular complexity index is 3220. The molecule has 3 atom stereocenters. The Morgan fingerprint density at radius 1 is 1.00 bits per heavy atom. The number of aliphatic hydroxyl groups is 1. The van der Waals surface area contributed by atoms with Crippen LogP contribution in [0.3, 0.4) is 0 Å². The predicted octanol–water partition coefficient (Wildman–Crippen LogP) is 6.18. The van der Waals surface area contributed by atoms with Crippen LogP contribution in [0.2, 0.25) is 0 Å². The molecule has 2 N–H and O–H groups in total. The first kappa shape index (κ1) is 40.0. The van der Waals surface area contributed by atoms with Gasteiger partial charge in [0, 0.05) is 50.8 Å². The predicted molar refractivity (Wildman–Crippen MR) is 234 cm³/mol. The van der Waals surface area contributed by atoms with E-state index in [0.29, 0.717) is 76.9 Å². The number of aryl methyl sites for hydroxylation is 1. The number of hydroxylamine groups is 1. The number of rotatable bonds is 8. The second-order valence-electron chi connectivity index (χ2n) is 18.8. The first-order chi connectivity index (χ1) is 31.3. The lowest BCUT2D eigenvalue weighted by Crippen LogP contribution is -2.41. The fourth-order valence-corrected chi connectivity index (χ4v) is 10.6. The van der Waals surface area contributed by atoms with Crippen LogP contribution < -0.4 is 11.2 Å². The van der Waals surface area contributed by atoms with Gasteiger partial charge in [-0.1, -0.05) is 0 Å². The van der Waals surface area contributed by atoms with E-state index in [9.17, 15) is 9.90 Å². The first-order valence-electron chi connectivity index (χ1n) is 22.3. The number of nitrogens with one attached hydrogen (secondary N) is 1. The standard InChI is InChI=1S/C47H47F2N11O5/c1-25-37-33(53-60(29-7-8-32(48)30(22-29)26-5-6-26)41(37)59-19-18-57(45(59)63)35-10-9-34-31(38(35)49)24-50-55(34)4)12-17-56(25)42(61)39-40(47(14-15-47)43-52-44(62)65-54-43)58-16-11-27(21-36(58)51-39)28-13-20-64-46(2,3)23-28/h7-11,16,18-19,21-22,24-26,28,44,62H,5-6,12-15,17,20,23H2,1-4H3,(H,52,54)/t25-,28+,44?/m0/s1. The molecule has 0 bridgehead atoms. The van der Waals surface area contributed by atoms with Crippen LogP contribution in [0.1, 0.15) is 116 Å². The number of aliphatic imine (C=N–C) groups is 1. The molecule has 5 aromatic heterocycles. The zero-order valence-electron chi connectivity index (χ0n) is 36.3. The van der Waals surface area contributed by atoms with E-state index in [0.717, 1.165) is 31.2 Å². The molecule has 18 heteroatoms. The van der Waals surface area contributed by atoms with Crippen molar-refractivity contribution in [3.63, 3.8) is 0 Å². The quantitative estimate of drug-likeness (QED) is 0.182. The van der Waals surface area contributed by atoms with E-state index < -0.39 is 29.4 Å². The Kier molecular flexibility index (Phi) is 8.78. The van der Waals surface area contributed by atoms with Crippen molar-refractivity contribution in [1.82, 2.24) is 48.5 Å². The molecule has 2 saturated carbocycles. The summed E-state index contributed by atoms with van der Waals surface area (Å²) in [6.07, 6.45) is 10.2. The summed E-state index contributed by atoms with van der Waals surface area (Å²) in [6, 6.07) is 11.6. The average Bonchev–Trinajstić information content (AvgIpc) is 4.03. The number of halogens is 2. The number of carbonyl (C=O) groups excluding carboxylic acids is 1. The monoisotopic (exact) mass is 883 g/mol. The maximum Gasteiger partial charge on any atom is 0.338 e. The van der Waals surface area contributed by atoms with Gasteiger partial charge in [-0.2, -0.15) is 10.2 Å². The highest BCUT2D eigenvalue weighted by atomic mass is 19.1. The number of aromatic nitrogens is 8. The Morgan fingerprint density at radius 2 is 1.82 bits per heavy atom. The molecule has 1 saturated heterocycles. The molecule has 7 aromatic rings. The van der Waals surface area contributed by atoms with Gasteiger partial charge in [0.25, 0.3) is 12.3 Å². The molecule has 334 valence electrons. The Balaban J connectivity index is 0.989. The molecule has 3 fully saturated rings. The number of amidine groups is 1. The van der Waals surface area contributed by atoms with Gasteiger partial charge in [0.2, 0.25) is 0 Å². The normalized spacial score (nSPS) is 22.4. The van der Waals surface area contributed by atoms with Crippen LogP contribution in [-0.2, 0) is 28.5 Å². The number of hydrogen-bond acceptors (Lipinski definition) is 10. The SMILES string of the molecule is C[C@H]1c2c(nn(-c3ccc(F)c(C4CC4)c3)c2-n2ccn(-c3ccc4c(cnn4C)c3F)c2=O)CCN1C(=O)c1nc2cc([C@@H]3CCOC(C)(C)C3)ccn2c1C1(C2=NC(O)ON2)CC1. The van der Waals surface area contributed by atoms with Gasteiger partial charge in [0.05, 0.1) is 56.9 Å². The van der Waals surface area contributed by atoms with E-state index >= 15 is 13.6 Å². The third kappa shape index (κ3) is 6.24. The lowest BCUT2D eigenvalue weighted by Gasteiger charge is -2.35. The highest BCUT2D eigenvalue weighted by Crippen LogP contribution is 2.52.